The number of hydrogen-bond acceptors (Lipinski definition) is 7. The second-order valence-electron chi connectivity index (χ2n) is 16.1. The molecule has 3 heterocycles. The number of fused-ring (bicyclic) bond motifs is 8. The first-order valence-electron chi connectivity index (χ1n) is 17.6. The summed E-state index contributed by atoms with van der Waals surface area (Å²) in [4.78, 5) is 0. The Morgan fingerprint density at radius 3 is 2.22 bits per heavy atom. The molecule has 0 radical (unpaired) electrons. The van der Waals surface area contributed by atoms with Crippen molar-refractivity contribution in [2.24, 2.45) is 16.7 Å². The van der Waals surface area contributed by atoms with Crippen LogP contribution in [0.2, 0.25) is 18.1 Å². The molecule has 0 N–H and O–H groups in total. The second-order valence-corrected chi connectivity index (χ2v) is 20.8. The molecule has 3 aliphatic carbocycles. The largest absolute Gasteiger partial charge is 0.410 e. The summed E-state index contributed by atoms with van der Waals surface area (Å²) in [5.41, 5.74) is 1.71. The van der Waals surface area contributed by atoms with Crippen molar-refractivity contribution in [3.63, 3.8) is 0 Å². The average molecular weight is 641 g/mol. The van der Waals surface area contributed by atoms with E-state index in [0.29, 0.717) is 6.61 Å². The van der Waals surface area contributed by atoms with Gasteiger partial charge in [-0.1, -0.05) is 71.9 Å². The van der Waals surface area contributed by atoms with Gasteiger partial charge in [0, 0.05) is 35.8 Å². The van der Waals surface area contributed by atoms with Crippen molar-refractivity contribution in [3.05, 3.63) is 47.0 Å². The average Bonchev–Trinajstić information content (AvgIpc) is 3.44. The van der Waals surface area contributed by atoms with Crippen LogP contribution in [0, 0.1) is 16.7 Å². The molecule has 1 aromatic carbocycles. The lowest BCUT2D eigenvalue weighted by atomic mass is 9.47. The van der Waals surface area contributed by atoms with Crippen molar-refractivity contribution in [1.29, 1.82) is 0 Å². The van der Waals surface area contributed by atoms with Gasteiger partial charge in [-0.25, -0.2) is 0 Å². The van der Waals surface area contributed by atoms with E-state index in [1.165, 1.54) is 11.1 Å². The molecule has 1 spiro atoms. The molecular weight excluding hydrogens is 584 g/mol. The Balaban J connectivity index is 1.49. The van der Waals surface area contributed by atoms with Gasteiger partial charge in [0.25, 0.3) is 0 Å². The third-order valence-electron chi connectivity index (χ3n) is 13.3. The van der Waals surface area contributed by atoms with E-state index in [9.17, 15) is 0 Å². The quantitative estimate of drug-likeness (QED) is 0.164. The number of ether oxygens (including phenoxy) is 6. The predicted octanol–water partition coefficient (Wildman–Crippen LogP) is 7.71. The summed E-state index contributed by atoms with van der Waals surface area (Å²) >= 11 is 0. The highest BCUT2D eigenvalue weighted by Gasteiger charge is 2.80. The molecule has 0 amide bonds. The minimum Gasteiger partial charge on any atom is -0.410 e. The maximum atomic E-state index is 7.53. The van der Waals surface area contributed by atoms with E-state index in [2.05, 4.69) is 92.6 Å². The number of methoxy groups -OCH3 is 1. The van der Waals surface area contributed by atoms with Gasteiger partial charge in [0.05, 0.1) is 31.0 Å². The Bertz CT molecular complexity index is 1320. The summed E-state index contributed by atoms with van der Waals surface area (Å²) < 4.78 is 49.3. The molecular formula is C37H56O7Si. The van der Waals surface area contributed by atoms with Crippen molar-refractivity contribution < 1.29 is 32.8 Å². The second kappa shape index (κ2) is 10.7. The van der Waals surface area contributed by atoms with Crippen molar-refractivity contribution in [3.8, 4) is 0 Å². The summed E-state index contributed by atoms with van der Waals surface area (Å²) in [5.74, 6) is -0.765. The van der Waals surface area contributed by atoms with Gasteiger partial charge in [-0.2, -0.15) is 0 Å². The molecule has 0 aromatic heterocycles. The normalized spacial score (nSPS) is 44.4. The van der Waals surface area contributed by atoms with Gasteiger partial charge >= 0.3 is 0 Å². The Morgan fingerprint density at radius 1 is 0.889 bits per heavy atom. The van der Waals surface area contributed by atoms with E-state index in [1.54, 1.807) is 7.11 Å². The van der Waals surface area contributed by atoms with Crippen LogP contribution < -0.4 is 0 Å². The van der Waals surface area contributed by atoms with Crippen LogP contribution in [0.3, 0.4) is 0 Å². The maximum Gasteiger partial charge on any atom is 0.192 e. The third-order valence-corrected chi connectivity index (χ3v) is 18.0. The van der Waals surface area contributed by atoms with Crippen molar-refractivity contribution >= 4 is 8.32 Å². The summed E-state index contributed by atoms with van der Waals surface area (Å²) in [5, 5.41) is 0. The highest BCUT2D eigenvalue weighted by atomic mass is 28.4. The number of epoxide rings is 1. The molecule has 7 nitrogen and oxygen atoms in total. The smallest absolute Gasteiger partial charge is 0.192 e. The number of hydrogen-bond donors (Lipinski definition) is 0. The van der Waals surface area contributed by atoms with Crippen LogP contribution in [0.25, 0.3) is 0 Å². The molecule has 250 valence electrons. The van der Waals surface area contributed by atoms with Gasteiger partial charge in [-0.15, -0.1) is 0 Å². The SMILES string of the molecule is CC[Si](CC)(CC)O[C@H]1C[C@@]23O[C@@H](c4ccccc4)O[C@H]2[C@H]2[C@@](C)(CC[C@@H]4O[C@@]42COC)[C@H]2OC(C)(C)O[C@@H]2C(=C1C)C3(C)C. The maximum absolute atomic E-state index is 7.53. The van der Waals surface area contributed by atoms with E-state index in [0.717, 1.165) is 43.0 Å². The fourth-order valence-corrected chi connectivity index (χ4v) is 13.5. The summed E-state index contributed by atoms with van der Waals surface area (Å²) in [6, 6.07) is 13.7. The van der Waals surface area contributed by atoms with Gasteiger partial charge in [0.15, 0.2) is 20.4 Å². The number of rotatable bonds is 8. The lowest BCUT2D eigenvalue weighted by molar-refractivity contribution is -0.192. The molecule has 2 bridgehead atoms. The van der Waals surface area contributed by atoms with E-state index in [4.69, 9.17) is 32.8 Å². The Morgan fingerprint density at radius 2 is 1.58 bits per heavy atom. The monoisotopic (exact) mass is 640 g/mol. The Labute approximate surface area is 271 Å². The summed E-state index contributed by atoms with van der Waals surface area (Å²) in [6.45, 7) is 21.0. The lowest BCUT2D eigenvalue weighted by Crippen LogP contribution is -2.70. The van der Waals surface area contributed by atoms with E-state index in [-0.39, 0.29) is 41.9 Å². The van der Waals surface area contributed by atoms with Gasteiger partial charge in [-0.3, -0.25) is 0 Å². The van der Waals surface area contributed by atoms with Gasteiger partial charge in [-0.05, 0) is 62.9 Å². The number of benzene rings is 1. The molecule has 8 heteroatoms. The molecule has 3 saturated heterocycles. The molecule has 5 fully saturated rings. The van der Waals surface area contributed by atoms with Crippen LogP contribution in [0.1, 0.15) is 93.4 Å². The van der Waals surface area contributed by atoms with E-state index < -0.39 is 37.0 Å². The summed E-state index contributed by atoms with van der Waals surface area (Å²) in [6.07, 6.45) is 1.53. The minimum absolute atomic E-state index is 0.0344. The third kappa shape index (κ3) is 4.46. The molecule has 1 aromatic rings. The van der Waals surface area contributed by atoms with Gasteiger partial charge < -0.3 is 32.8 Å². The fraction of sp³-hybridized carbons (Fsp3) is 0.784. The molecule has 45 heavy (non-hydrogen) atoms. The molecule has 2 saturated carbocycles. The molecule has 7 rings (SSSR count). The van der Waals surface area contributed by atoms with Crippen LogP contribution >= 0.6 is 0 Å². The van der Waals surface area contributed by atoms with Crippen LogP contribution in [-0.2, 0) is 32.8 Å². The van der Waals surface area contributed by atoms with Crippen molar-refractivity contribution in [1.82, 2.24) is 0 Å². The van der Waals surface area contributed by atoms with Crippen molar-refractivity contribution in [2.75, 3.05) is 13.7 Å². The van der Waals surface area contributed by atoms with Gasteiger partial charge in [0.2, 0.25) is 0 Å². The van der Waals surface area contributed by atoms with Crippen molar-refractivity contribution in [2.45, 2.75) is 154 Å². The molecule has 0 unspecified atom stereocenters. The molecule has 3 aliphatic heterocycles. The van der Waals surface area contributed by atoms with E-state index in [1.807, 2.05) is 0 Å². The van der Waals surface area contributed by atoms with Crippen LogP contribution in [0.4, 0.5) is 0 Å². The summed E-state index contributed by atoms with van der Waals surface area (Å²) in [7, 11) is -0.197. The Kier molecular flexibility index (Phi) is 7.71. The van der Waals surface area contributed by atoms with Crippen LogP contribution in [0.15, 0.2) is 41.5 Å². The van der Waals surface area contributed by atoms with Crippen LogP contribution in [-0.4, -0.2) is 69.5 Å². The zero-order valence-corrected chi connectivity index (χ0v) is 30.2. The topological polar surface area (TPSA) is 67.9 Å². The fourth-order valence-electron chi connectivity index (χ4n) is 10.7. The van der Waals surface area contributed by atoms with Crippen LogP contribution in [0.5, 0.6) is 0 Å². The minimum atomic E-state index is -1.99. The predicted molar refractivity (Wildman–Crippen MR) is 175 cm³/mol. The zero-order valence-electron chi connectivity index (χ0n) is 29.2. The molecule has 6 aliphatic rings. The highest BCUT2D eigenvalue weighted by molar-refractivity contribution is 6.73. The Hall–Kier alpha value is -1.10. The highest BCUT2D eigenvalue weighted by Crippen LogP contribution is 2.72. The molecule has 10 atom stereocenters. The first kappa shape index (κ1) is 32.4. The zero-order chi connectivity index (χ0) is 32.2. The first-order valence-corrected chi connectivity index (χ1v) is 20.1. The lowest BCUT2D eigenvalue weighted by Gasteiger charge is -2.62. The standard InChI is InChI=1S/C37H56O7Si/c1-11-45(12-2,13-3)44-25-21-37-31(39-32(43-37)24-17-15-14-16-18-24)29-35(9,20-19-26-36(29,40-26)22-38-10)30-28(41-34(7,8)42-30)27(23(25)4)33(37,5)6/h14-18,25-26,28-32H,11-13,19-22H2,1-10H3/t25-,26-,28+,29-,30-,31-,32-,35+,36-,37+/m0/s1. The first-order chi connectivity index (χ1) is 21.3. The van der Waals surface area contributed by atoms with E-state index >= 15 is 0 Å². The van der Waals surface area contributed by atoms with Gasteiger partial charge in [0.1, 0.15) is 17.3 Å².